The van der Waals surface area contributed by atoms with Crippen LogP contribution in [0.15, 0.2) is 53.5 Å². The Balaban J connectivity index is 0.00000392. The number of hydrogen-bond acceptors (Lipinski definition) is 3. The van der Waals surface area contributed by atoms with Crippen LogP contribution in [0.1, 0.15) is 22.8 Å². The van der Waals surface area contributed by atoms with Crippen molar-refractivity contribution in [2.45, 2.75) is 13.5 Å². The van der Waals surface area contributed by atoms with E-state index in [1.807, 2.05) is 6.92 Å². The summed E-state index contributed by atoms with van der Waals surface area (Å²) in [6, 6.07) is 13.5. The number of guanidine groups is 1. The van der Waals surface area contributed by atoms with Gasteiger partial charge in [-0.15, -0.1) is 24.0 Å². The fourth-order valence-electron chi connectivity index (χ4n) is 2.36. The molecule has 0 aliphatic carbocycles. The maximum Gasteiger partial charge on any atom is 0.251 e. The Labute approximate surface area is 182 Å². The Bertz CT molecular complexity index is 786. The molecular formula is C20H26FIN4O2. The van der Waals surface area contributed by atoms with Crippen LogP contribution in [0.2, 0.25) is 0 Å². The molecule has 0 bridgehead atoms. The lowest BCUT2D eigenvalue weighted by Gasteiger charge is -2.12. The van der Waals surface area contributed by atoms with Crippen molar-refractivity contribution in [3.8, 4) is 5.75 Å². The zero-order valence-corrected chi connectivity index (χ0v) is 18.3. The van der Waals surface area contributed by atoms with E-state index in [4.69, 9.17) is 4.74 Å². The van der Waals surface area contributed by atoms with E-state index in [9.17, 15) is 9.18 Å². The smallest absolute Gasteiger partial charge is 0.251 e. The molecule has 2 aromatic carbocycles. The second-order valence-electron chi connectivity index (χ2n) is 5.70. The van der Waals surface area contributed by atoms with Gasteiger partial charge in [-0.3, -0.25) is 4.79 Å². The summed E-state index contributed by atoms with van der Waals surface area (Å²) in [4.78, 5) is 16.5. The van der Waals surface area contributed by atoms with Gasteiger partial charge in [0.05, 0.1) is 13.7 Å². The standard InChI is InChI=1S/C20H25FN4O2.HI/c1-3-22-20(25-14-16-7-4-5-10-18(16)21)24-12-11-23-19(26)15-8-6-9-17(13-15)27-2;/h4-10,13H,3,11-12,14H2,1-2H3,(H,23,26)(H2,22,24,25);1H. The summed E-state index contributed by atoms with van der Waals surface area (Å²) < 4.78 is 18.8. The normalized spacial score (nSPS) is 10.6. The molecule has 28 heavy (non-hydrogen) atoms. The van der Waals surface area contributed by atoms with Crippen molar-refractivity contribution in [2.75, 3.05) is 26.7 Å². The fraction of sp³-hybridized carbons (Fsp3) is 0.300. The Morgan fingerprint density at radius 2 is 1.82 bits per heavy atom. The molecule has 152 valence electrons. The summed E-state index contributed by atoms with van der Waals surface area (Å²) in [5.41, 5.74) is 1.07. The second-order valence-corrected chi connectivity index (χ2v) is 5.70. The van der Waals surface area contributed by atoms with Crippen LogP contribution in [0.25, 0.3) is 0 Å². The van der Waals surface area contributed by atoms with Crippen molar-refractivity contribution in [2.24, 2.45) is 4.99 Å². The number of nitrogens with one attached hydrogen (secondary N) is 3. The molecule has 0 fully saturated rings. The SMILES string of the molecule is CCNC(=NCc1ccccc1F)NCCNC(=O)c1cccc(OC)c1.I. The van der Waals surface area contributed by atoms with Crippen molar-refractivity contribution >= 4 is 35.8 Å². The Hall–Kier alpha value is -2.36. The number of halogens is 2. The Morgan fingerprint density at radius 3 is 2.54 bits per heavy atom. The first-order chi connectivity index (χ1) is 13.1. The van der Waals surface area contributed by atoms with Gasteiger partial charge >= 0.3 is 0 Å². The predicted octanol–water partition coefficient (Wildman–Crippen LogP) is 2.94. The van der Waals surface area contributed by atoms with E-state index in [0.717, 1.165) is 0 Å². The van der Waals surface area contributed by atoms with Crippen LogP contribution in [-0.4, -0.2) is 38.6 Å². The van der Waals surface area contributed by atoms with E-state index in [1.54, 1.807) is 49.6 Å². The molecular weight excluding hydrogens is 474 g/mol. The van der Waals surface area contributed by atoms with Crippen LogP contribution >= 0.6 is 24.0 Å². The highest BCUT2D eigenvalue weighted by molar-refractivity contribution is 14.0. The van der Waals surface area contributed by atoms with Gasteiger partial charge in [-0.1, -0.05) is 24.3 Å². The van der Waals surface area contributed by atoms with Crippen molar-refractivity contribution in [1.29, 1.82) is 0 Å². The summed E-state index contributed by atoms with van der Waals surface area (Å²) in [7, 11) is 1.56. The third-order valence-corrected chi connectivity index (χ3v) is 3.74. The molecule has 0 atom stereocenters. The quantitative estimate of drug-likeness (QED) is 0.226. The molecule has 0 radical (unpaired) electrons. The molecule has 0 saturated heterocycles. The maximum absolute atomic E-state index is 13.7. The van der Waals surface area contributed by atoms with Gasteiger partial charge in [-0.25, -0.2) is 9.38 Å². The summed E-state index contributed by atoms with van der Waals surface area (Å²) in [5.74, 6) is 0.749. The predicted molar refractivity (Wildman–Crippen MR) is 120 cm³/mol. The summed E-state index contributed by atoms with van der Waals surface area (Å²) in [5, 5.41) is 9.04. The van der Waals surface area contributed by atoms with Crippen LogP contribution in [0.5, 0.6) is 5.75 Å². The largest absolute Gasteiger partial charge is 0.497 e. The zero-order valence-electron chi connectivity index (χ0n) is 16.0. The average molecular weight is 500 g/mol. The van der Waals surface area contributed by atoms with E-state index in [2.05, 4.69) is 20.9 Å². The highest BCUT2D eigenvalue weighted by Crippen LogP contribution is 2.12. The number of amides is 1. The molecule has 2 rings (SSSR count). The number of rotatable bonds is 8. The van der Waals surface area contributed by atoms with E-state index in [0.29, 0.717) is 42.5 Å². The monoisotopic (exact) mass is 500 g/mol. The van der Waals surface area contributed by atoms with E-state index >= 15 is 0 Å². The molecule has 0 unspecified atom stereocenters. The van der Waals surface area contributed by atoms with Gasteiger partial charge in [0.25, 0.3) is 5.91 Å². The van der Waals surface area contributed by atoms with Crippen LogP contribution in [0, 0.1) is 5.82 Å². The highest BCUT2D eigenvalue weighted by Gasteiger charge is 2.06. The fourth-order valence-corrected chi connectivity index (χ4v) is 2.36. The minimum atomic E-state index is -0.275. The van der Waals surface area contributed by atoms with Crippen molar-refractivity contribution in [1.82, 2.24) is 16.0 Å². The van der Waals surface area contributed by atoms with Gasteiger partial charge in [-0.05, 0) is 31.2 Å². The molecule has 0 spiro atoms. The van der Waals surface area contributed by atoms with Gasteiger partial charge in [0.2, 0.25) is 0 Å². The molecule has 3 N–H and O–H groups in total. The second kappa shape index (κ2) is 12.9. The first-order valence-corrected chi connectivity index (χ1v) is 8.82. The van der Waals surface area contributed by atoms with Gasteiger partial charge < -0.3 is 20.7 Å². The molecule has 1 amide bonds. The Morgan fingerprint density at radius 1 is 1.07 bits per heavy atom. The third-order valence-electron chi connectivity index (χ3n) is 3.74. The number of benzene rings is 2. The van der Waals surface area contributed by atoms with Crippen LogP contribution in [0.3, 0.4) is 0 Å². The van der Waals surface area contributed by atoms with Crippen LogP contribution in [0.4, 0.5) is 4.39 Å². The minimum Gasteiger partial charge on any atom is -0.497 e. The molecule has 0 aromatic heterocycles. The number of hydrogen-bond donors (Lipinski definition) is 3. The number of carbonyl (C=O) groups excluding carboxylic acids is 1. The molecule has 6 nitrogen and oxygen atoms in total. The lowest BCUT2D eigenvalue weighted by molar-refractivity contribution is 0.0954. The maximum atomic E-state index is 13.7. The number of nitrogens with zero attached hydrogens (tertiary/aromatic N) is 1. The molecule has 0 heterocycles. The van der Waals surface area contributed by atoms with E-state index in [-0.39, 0.29) is 42.2 Å². The summed E-state index contributed by atoms with van der Waals surface area (Å²) in [6.07, 6.45) is 0. The van der Waals surface area contributed by atoms with Gasteiger partial charge in [-0.2, -0.15) is 0 Å². The van der Waals surface area contributed by atoms with Gasteiger partial charge in [0, 0.05) is 30.8 Å². The van der Waals surface area contributed by atoms with Gasteiger partial charge in [0.15, 0.2) is 5.96 Å². The molecule has 8 heteroatoms. The van der Waals surface area contributed by atoms with Crippen LogP contribution < -0.4 is 20.7 Å². The first-order valence-electron chi connectivity index (χ1n) is 8.82. The highest BCUT2D eigenvalue weighted by atomic mass is 127. The number of ether oxygens (including phenoxy) is 1. The molecule has 0 aliphatic rings. The number of methoxy groups -OCH3 is 1. The Kier molecular flexibility index (Phi) is 10.9. The summed E-state index contributed by atoms with van der Waals surface area (Å²) >= 11 is 0. The zero-order chi connectivity index (χ0) is 19.5. The first kappa shape index (κ1) is 23.7. The number of aliphatic imine (C=N–C) groups is 1. The van der Waals surface area contributed by atoms with Crippen LogP contribution in [-0.2, 0) is 6.54 Å². The molecule has 0 saturated carbocycles. The number of carbonyl (C=O) groups is 1. The average Bonchev–Trinajstić information content (AvgIpc) is 2.70. The lowest BCUT2D eigenvalue weighted by atomic mass is 10.2. The van der Waals surface area contributed by atoms with E-state index < -0.39 is 0 Å². The minimum absolute atomic E-state index is 0. The summed E-state index contributed by atoms with van der Waals surface area (Å²) in [6.45, 7) is 3.77. The van der Waals surface area contributed by atoms with Gasteiger partial charge in [0.1, 0.15) is 11.6 Å². The van der Waals surface area contributed by atoms with Crippen molar-refractivity contribution in [3.63, 3.8) is 0 Å². The van der Waals surface area contributed by atoms with E-state index in [1.165, 1.54) is 6.07 Å². The third kappa shape index (κ3) is 7.71. The lowest BCUT2D eigenvalue weighted by Crippen LogP contribution is -2.41. The molecule has 0 aliphatic heterocycles. The van der Waals surface area contributed by atoms with Crippen molar-refractivity contribution in [3.05, 3.63) is 65.5 Å². The molecule has 2 aromatic rings. The topological polar surface area (TPSA) is 74.8 Å². The van der Waals surface area contributed by atoms with Crippen molar-refractivity contribution < 1.29 is 13.9 Å².